The number of aliphatic hydroxyl groups excluding tert-OH is 1. The Balaban J connectivity index is 1.68. The lowest BCUT2D eigenvalue weighted by molar-refractivity contribution is -0.134. The van der Waals surface area contributed by atoms with E-state index in [1.54, 1.807) is 6.07 Å². The number of piperidine rings is 1. The van der Waals surface area contributed by atoms with E-state index < -0.39 is 16.6 Å². The second-order valence-corrected chi connectivity index (χ2v) is 10.5. The molecule has 1 aromatic rings. The molecule has 1 amide bonds. The fourth-order valence-corrected chi connectivity index (χ4v) is 4.43. The van der Waals surface area contributed by atoms with Gasteiger partial charge in [0.25, 0.3) is 0 Å². The standard InChI is InChI=1S/C22H34FNO4S/c1-22(2,3)16-21(26)24-10-8-17(9-11-24)5-4-13-28-18-6-7-20(19(23)15-18)29(27)14-12-25/h6-7,15,17,25H,4-5,8-14,16H2,1-3H3. The van der Waals surface area contributed by atoms with Crippen molar-refractivity contribution in [2.45, 2.75) is 57.8 Å². The summed E-state index contributed by atoms with van der Waals surface area (Å²) >= 11 is 0. The average Bonchev–Trinajstić information content (AvgIpc) is 2.64. The maximum Gasteiger partial charge on any atom is 0.223 e. The van der Waals surface area contributed by atoms with Crippen molar-refractivity contribution in [2.24, 2.45) is 11.3 Å². The van der Waals surface area contributed by atoms with Crippen LogP contribution in [0.4, 0.5) is 4.39 Å². The van der Waals surface area contributed by atoms with Crippen molar-refractivity contribution >= 4 is 16.7 Å². The first-order valence-corrected chi connectivity index (χ1v) is 11.7. The molecule has 0 aromatic heterocycles. The molecule has 29 heavy (non-hydrogen) atoms. The van der Waals surface area contributed by atoms with Gasteiger partial charge >= 0.3 is 0 Å². The van der Waals surface area contributed by atoms with Crippen LogP contribution in [0.1, 0.15) is 52.9 Å². The lowest BCUT2D eigenvalue weighted by Crippen LogP contribution is -2.39. The van der Waals surface area contributed by atoms with Crippen LogP contribution >= 0.6 is 0 Å². The number of benzene rings is 1. The molecule has 1 unspecified atom stereocenters. The van der Waals surface area contributed by atoms with Gasteiger partial charge in [0.15, 0.2) is 0 Å². The maximum atomic E-state index is 14.0. The molecule has 0 spiro atoms. The lowest BCUT2D eigenvalue weighted by atomic mass is 9.89. The van der Waals surface area contributed by atoms with E-state index in [0.717, 1.165) is 38.8 Å². The highest BCUT2D eigenvalue weighted by Gasteiger charge is 2.25. The number of nitrogens with zero attached hydrogens (tertiary/aromatic N) is 1. The van der Waals surface area contributed by atoms with Crippen molar-refractivity contribution in [3.63, 3.8) is 0 Å². The molecule has 1 atom stereocenters. The first-order valence-electron chi connectivity index (χ1n) is 10.4. The van der Waals surface area contributed by atoms with E-state index in [1.807, 2.05) is 4.90 Å². The molecular weight excluding hydrogens is 393 g/mol. The van der Waals surface area contributed by atoms with Gasteiger partial charge in [-0.3, -0.25) is 9.00 Å². The summed E-state index contributed by atoms with van der Waals surface area (Å²) in [4.78, 5) is 14.4. The van der Waals surface area contributed by atoms with Crippen molar-refractivity contribution in [1.29, 1.82) is 0 Å². The third kappa shape index (κ3) is 8.05. The Morgan fingerprint density at radius 1 is 1.31 bits per heavy atom. The maximum absolute atomic E-state index is 14.0. The van der Waals surface area contributed by atoms with Crippen LogP contribution in [-0.4, -0.2) is 52.2 Å². The van der Waals surface area contributed by atoms with E-state index in [1.165, 1.54) is 12.1 Å². The summed E-state index contributed by atoms with van der Waals surface area (Å²) in [6.45, 7) is 8.19. The van der Waals surface area contributed by atoms with Gasteiger partial charge in [-0.05, 0) is 49.1 Å². The van der Waals surface area contributed by atoms with E-state index in [4.69, 9.17) is 9.84 Å². The summed E-state index contributed by atoms with van der Waals surface area (Å²) in [5.41, 5.74) is 0.0246. The van der Waals surface area contributed by atoms with Gasteiger partial charge in [0.05, 0.1) is 34.7 Å². The highest BCUT2D eigenvalue weighted by molar-refractivity contribution is 7.85. The molecule has 7 heteroatoms. The van der Waals surface area contributed by atoms with Gasteiger partial charge < -0.3 is 14.7 Å². The van der Waals surface area contributed by atoms with E-state index in [9.17, 15) is 13.4 Å². The third-order valence-electron chi connectivity index (χ3n) is 5.10. The summed E-state index contributed by atoms with van der Waals surface area (Å²) in [6, 6.07) is 4.33. The normalized spacial score (nSPS) is 16.7. The Morgan fingerprint density at radius 3 is 2.59 bits per heavy atom. The minimum absolute atomic E-state index is 0.0246. The van der Waals surface area contributed by atoms with Crippen LogP contribution < -0.4 is 4.74 Å². The average molecular weight is 428 g/mol. The number of amides is 1. The van der Waals surface area contributed by atoms with Crippen molar-refractivity contribution in [1.82, 2.24) is 4.90 Å². The van der Waals surface area contributed by atoms with Gasteiger partial charge in [-0.2, -0.15) is 0 Å². The summed E-state index contributed by atoms with van der Waals surface area (Å²) < 4.78 is 31.5. The second-order valence-electron chi connectivity index (χ2n) is 8.92. The number of ether oxygens (including phenoxy) is 1. The summed E-state index contributed by atoms with van der Waals surface area (Å²) in [7, 11) is -1.53. The summed E-state index contributed by atoms with van der Waals surface area (Å²) in [5, 5.41) is 8.82. The summed E-state index contributed by atoms with van der Waals surface area (Å²) in [6.07, 6.45) is 4.54. The Bertz CT molecular complexity index is 697. The minimum Gasteiger partial charge on any atom is -0.493 e. The quantitative estimate of drug-likeness (QED) is 0.610. The van der Waals surface area contributed by atoms with E-state index in [-0.39, 0.29) is 28.6 Å². The largest absolute Gasteiger partial charge is 0.493 e. The number of aliphatic hydroxyl groups is 1. The highest BCUT2D eigenvalue weighted by atomic mass is 32.2. The van der Waals surface area contributed by atoms with Gasteiger partial charge in [0, 0.05) is 25.6 Å². The smallest absolute Gasteiger partial charge is 0.223 e. The van der Waals surface area contributed by atoms with E-state index in [0.29, 0.717) is 24.7 Å². The predicted molar refractivity (Wildman–Crippen MR) is 113 cm³/mol. The fourth-order valence-electron chi connectivity index (χ4n) is 3.55. The molecule has 1 heterocycles. The number of hydrogen-bond acceptors (Lipinski definition) is 4. The molecule has 1 aliphatic heterocycles. The third-order valence-corrected chi connectivity index (χ3v) is 6.47. The van der Waals surface area contributed by atoms with Crippen LogP contribution in [0.15, 0.2) is 23.1 Å². The molecule has 1 fully saturated rings. The van der Waals surface area contributed by atoms with Crippen molar-refractivity contribution in [3.8, 4) is 5.75 Å². The van der Waals surface area contributed by atoms with Crippen LogP contribution in [0.3, 0.4) is 0 Å². The monoisotopic (exact) mass is 427 g/mol. The molecular formula is C22H34FNO4S. The Kier molecular flexibility index (Phi) is 9.08. The first-order chi connectivity index (χ1) is 13.7. The SMILES string of the molecule is CC(C)(C)CC(=O)N1CCC(CCCOc2ccc(S(=O)CCO)c(F)c2)CC1. The molecule has 1 N–H and O–H groups in total. The van der Waals surface area contributed by atoms with Crippen molar-refractivity contribution in [3.05, 3.63) is 24.0 Å². The van der Waals surface area contributed by atoms with Gasteiger partial charge in [-0.15, -0.1) is 0 Å². The molecule has 0 aliphatic carbocycles. The number of carbonyl (C=O) groups is 1. The predicted octanol–water partition coefficient (Wildman–Crippen LogP) is 3.76. The molecule has 1 saturated heterocycles. The Hall–Kier alpha value is -1.47. The zero-order chi connectivity index (χ0) is 21.4. The molecule has 5 nitrogen and oxygen atoms in total. The number of likely N-dealkylation sites (tertiary alicyclic amines) is 1. The van der Waals surface area contributed by atoms with E-state index >= 15 is 0 Å². The molecule has 0 saturated carbocycles. The zero-order valence-electron chi connectivity index (χ0n) is 17.8. The lowest BCUT2D eigenvalue weighted by Gasteiger charge is -2.33. The Morgan fingerprint density at radius 2 is 2.00 bits per heavy atom. The molecule has 164 valence electrons. The zero-order valence-corrected chi connectivity index (χ0v) is 18.6. The highest BCUT2D eigenvalue weighted by Crippen LogP contribution is 2.26. The van der Waals surface area contributed by atoms with Gasteiger partial charge in [0.1, 0.15) is 11.6 Å². The number of halogens is 1. The van der Waals surface area contributed by atoms with Crippen LogP contribution in [0.2, 0.25) is 0 Å². The molecule has 2 rings (SSSR count). The molecule has 0 radical (unpaired) electrons. The second kappa shape index (κ2) is 11.1. The van der Waals surface area contributed by atoms with Gasteiger partial charge in [-0.25, -0.2) is 4.39 Å². The van der Waals surface area contributed by atoms with Gasteiger partial charge in [-0.1, -0.05) is 20.8 Å². The number of carbonyl (C=O) groups excluding carboxylic acids is 1. The van der Waals surface area contributed by atoms with Crippen LogP contribution in [-0.2, 0) is 15.6 Å². The molecule has 1 aliphatic rings. The number of hydrogen-bond donors (Lipinski definition) is 1. The van der Waals surface area contributed by atoms with E-state index in [2.05, 4.69) is 20.8 Å². The Labute approximate surface area is 176 Å². The topological polar surface area (TPSA) is 66.8 Å². The number of rotatable bonds is 9. The first kappa shape index (κ1) is 23.8. The molecule has 1 aromatic carbocycles. The van der Waals surface area contributed by atoms with Gasteiger partial charge in [0.2, 0.25) is 5.91 Å². The minimum atomic E-state index is -1.53. The van der Waals surface area contributed by atoms with Crippen molar-refractivity contribution < 1.29 is 23.2 Å². The summed E-state index contributed by atoms with van der Waals surface area (Å²) in [5.74, 6) is 0.732. The van der Waals surface area contributed by atoms with Crippen molar-refractivity contribution in [2.75, 3.05) is 32.1 Å². The van der Waals surface area contributed by atoms with Crippen LogP contribution in [0, 0.1) is 17.2 Å². The fraction of sp³-hybridized carbons (Fsp3) is 0.682. The van der Waals surface area contributed by atoms with Crippen LogP contribution in [0.5, 0.6) is 5.75 Å². The molecule has 0 bridgehead atoms. The van der Waals surface area contributed by atoms with Crippen LogP contribution in [0.25, 0.3) is 0 Å².